The Kier molecular flexibility index (Phi) is 4.52. The number of hydrogen-bond donors (Lipinski definition) is 0. The third-order valence-corrected chi connectivity index (χ3v) is 5.97. The van der Waals surface area contributed by atoms with E-state index in [9.17, 15) is 8.42 Å². The van der Waals surface area contributed by atoms with E-state index in [2.05, 4.69) is 14.9 Å². The van der Waals surface area contributed by atoms with Crippen molar-refractivity contribution < 1.29 is 8.42 Å². The van der Waals surface area contributed by atoms with Gasteiger partial charge in [-0.2, -0.15) is 4.31 Å². The molecular formula is C15H17ClN4O2S. The van der Waals surface area contributed by atoms with Gasteiger partial charge in [0.05, 0.1) is 4.90 Å². The van der Waals surface area contributed by atoms with Gasteiger partial charge in [-0.05, 0) is 31.2 Å². The molecule has 6 nitrogen and oxygen atoms in total. The fourth-order valence-corrected chi connectivity index (χ4v) is 4.07. The molecule has 0 bridgehead atoms. The van der Waals surface area contributed by atoms with Crippen LogP contribution >= 0.6 is 11.6 Å². The minimum Gasteiger partial charge on any atom is -0.354 e. The minimum absolute atomic E-state index is 0.272. The van der Waals surface area contributed by atoms with E-state index in [1.165, 1.54) is 22.8 Å². The number of aromatic nitrogens is 2. The van der Waals surface area contributed by atoms with E-state index in [-0.39, 0.29) is 4.90 Å². The van der Waals surface area contributed by atoms with Gasteiger partial charge in [0.15, 0.2) is 0 Å². The lowest BCUT2D eigenvalue weighted by Crippen LogP contribution is -2.48. The molecule has 1 saturated heterocycles. The summed E-state index contributed by atoms with van der Waals surface area (Å²) in [6.45, 7) is 3.96. The first-order chi connectivity index (χ1) is 11.0. The van der Waals surface area contributed by atoms with Crippen LogP contribution in [0.1, 0.15) is 5.69 Å². The molecule has 3 rings (SSSR count). The van der Waals surface area contributed by atoms with Crippen LogP contribution in [0.5, 0.6) is 0 Å². The quantitative estimate of drug-likeness (QED) is 0.844. The number of anilines is 1. The van der Waals surface area contributed by atoms with E-state index in [0.29, 0.717) is 31.2 Å². The van der Waals surface area contributed by atoms with Crippen molar-refractivity contribution in [3.63, 3.8) is 0 Å². The summed E-state index contributed by atoms with van der Waals surface area (Å²) in [5, 5.41) is 0.521. The zero-order chi connectivity index (χ0) is 16.4. The molecular weight excluding hydrogens is 336 g/mol. The summed E-state index contributed by atoms with van der Waals surface area (Å²) < 4.78 is 26.8. The highest BCUT2D eigenvalue weighted by Crippen LogP contribution is 2.21. The predicted molar refractivity (Wildman–Crippen MR) is 89.2 cm³/mol. The molecule has 0 atom stereocenters. The third-order valence-electron chi connectivity index (χ3n) is 3.80. The van der Waals surface area contributed by atoms with Crippen molar-refractivity contribution >= 4 is 27.4 Å². The Morgan fingerprint density at radius 1 is 1.04 bits per heavy atom. The molecule has 0 unspecified atom stereocenters. The first kappa shape index (κ1) is 16.2. The number of halogens is 1. The maximum atomic E-state index is 12.6. The van der Waals surface area contributed by atoms with Crippen LogP contribution in [0, 0.1) is 6.92 Å². The van der Waals surface area contributed by atoms with Crippen LogP contribution in [0.2, 0.25) is 5.02 Å². The smallest absolute Gasteiger partial charge is 0.243 e. The molecule has 8 heteroatoms. The van der Waals surface area contributed by atoms with Gasteiger partial charge in [0.2, 0.25) is 10.0 Å². The van der Waals surface area contributed by atoms with Gasteiger partial charge in [0.25, 0.3) is 0 Å². The lowest BCUT2D eigenvalue weighted by molar-refractivity contribution is 0.383. The van der Waals surface area contributed by atoms with Crippen LogP contribution in [0.25, 0.3) is 0 Å². The Balaban J connectivity index is 1.72. The van der Waals surface area contributed by atoms with Crippen LogP contribution in [0.15, 0.2) is 41.6 Å². The van der Waals surface area contributed by atoms with Crippen LogP contribution in [0.3, 0.4) is 0 Å². The normalized spacial score (nSPS) is 16.5. The maximum absolute atomic E-state index is 12.6. The molecule has 0 radical (unpaired) electrons. The van der Waals surface area contributed by atoms with Crippen molar-refractivity contribution in [2.24, 2.45) is 0 Å². The fourth-order valence-electron chi connectivity index (χ4n) is 2.53. The first-order valence-corrected chi connectivity index (χ1v) is 9.08. The van der Waals surface area contributed by atoms with Crippen LogP contribution in [-0.4, -0.2) is 48.9 Å². The van der Waals surface area contributed by atoms with E-state index in [4.69, 9.17) is 11.6 Å². The predicted octanol–water partition coefficient (Wildman–Crippen LogP) is 1.95. The fraction of sp³-hybridized carbons (Fsp3) is 0.333. The molecule has 2 aromatic rings. The monoisotopic (exact) mass is 352 g/mol. The van der Waals surface area contributed by atoms with Crippen molar-refractivity contribution in [1.82, 2.24) is 14.3 Å². The molecule has 23 heavy (non-hydrogen) atoms. The Labute approximate surface area is 140 Å². The van der Waals surface area contributed by atoms with E-state index >= 15 is 0 Å². The minimum atomic E-state index is -3.48. The summed E-state index contributed by atoms with van der Waals surface area (Å²) in [4.78, 5) is 10.7. The second-order valence-electron chi connectivity index (χ2n) is 5.36. The molecule has 0 saturated carbocycles. The summed E-state index contributed by atoms with van der Waals surface area (Å²) in [6, 6.07) is 8.17. The average molecular weight is 353 g/mol. The maximum Gasteiger partial charge on any atom is 0.243 e. The molecule has 0 N–H and O–H groups in total. The molecule has 0 aliphatic carbocycles. The van der Waals surface area contributed by atoms with E-state index in [0.717, 1.165) is 11.5 Å². The second kappa shape index (κ2) is 6.43. The summed E-state index contributed by atoms with van der Waals surface area (Å²) in [7, 11) is -3.48. The van der Waals surface area contributed by atoms with Gasteiger partial charge in [-0.15, -0.1) is 0 Å². The third kappa shape index (κ3) is 3.46. The topological polar surface area (TPSA) is 66.4 Å². The number of hydrogen-bond acceptors (Lipinski definition) is 5. The van der Waals surface area contributed by atoms with Gasteiger partial charge in [0.1, 0.15) is 12.1 Å². The standard InChI is InChI=1S/C15H17ClN4O2S/c1-12-10-15(18-11-17-12)19-6-8-20(9-7-19)23(21,22)14-4-2-13(16)3-5-14/h2-5,10-11H,6-9H2,1H3. The highest BCUT2D eigenvalue weighted by atomic mass is 35.5. The number of rotatable bonds is 3. The SMILES string of the molecule is Cc1cc(N2CCN(S(=O)(=O)c3ccc(Cl)cc3)CC2)ncn1. The summed E-state index contributed by atoms with van der Waals surface area (Å²) in [5.41, 5.74) is 0.895. The van der Waals surface area contributed by atoms with Gasteiger partial charge in [-0.1, -0.05) is 11.6 Å². The molecule has 2 heterocycles. The van der Waals surface area contributed by atoms with E-state index < -0.39 is 10.0 Å². The zero-order valence-corrected chi connectivity index (χ0v) is 14.3. The van der Waals surface area contributed by atoms with Crippen molar-refractivity contribution in [3.05, 3.63) is 47.4 Å². The van der Waals surface area contributed by atoms with Crippen molar-refractivity contribution in [2.75, 3.05) is 31.1 Å². The van der Waals surface area contributed by atoms with Gasteiger partial charge < -0.3 is 4.90 Å². The van der Waals surface area contributed by atoms with Crippen molar-refractivity contribution in [3.8, 4) is 0 Å². The largest absolute Gasteiger partial charge is 0.354 e. The number of piperazine rings is 1. The molecule has 0 amide bonds. The Bertz CT molecular complexity index is 787. The Morgan fingerprint density at radius 3 is 2.30 bits per heavy atom. The molecule has 0 spiro atoms. The molecule has 1 aliphatic heterocycles. The molecule has 1 aliphatic rings. The lowest BCUT2D eigenvalue weighted by atomic mass is 10.3. The van der Waals surface area contributed by atoms with Gasteiger partial charge >= 0.3 is 0 Å². The molecule has 1 aromatic carbocycles. The highest BCUT2D eigenvalue weighted by molar-refractivity contribution is 7.89. The summed E-state index contributed by atoms with van der Waals surface area (Å²) >= 11 is 5.82. The van der Waals surface area contributed by atoms with Gasteiger partial charge in [-0.3, -0.25) is 0 Å². The summed E-state index contributed by atoms with van der Waals surface area (Å²) in [5.74, 6) is 0.834. The molecule has 122 valence electrons. The Hall–Kier alpha value is -1.70. The second-order valence-corrected chi connectivity index (χ2v) is 7.74. The van der Waals surface area contributed by atoms with Crippen LogP contribution in [-0.2, 0) is 10.0 Å². The van der Waals surface area contributed by atoms with Crippen molar-refractivity contribution in [2.45, 2.75) is 11.8 Å². The Morgan fingerprint density at radius 2 is 1.70 bits per heavy atom. The molecule has 1 fully saturated rings. The van der Waals surface area contributed by atoms with Crippen LogP contribution < -0.4 is 4.90 Å². The van der Waals surface area contributed by atoms with E-state index in [1.807, 2.05) is 13.0 Å². The number of nitrogens with zero attached hydrogens (tertiary/aromatic N) is 4. The number of benzene rings is 1. The zero-order valence-electron chi connectivity index (χ0n) is 12.7. The van der Waals surface area contributed by atoms with Crippen LogP contribution in [0.4, 0.5) is 5.82 Å². The number of aryl methyl sites for hydroxylation is 1. The highest BCUT2D eigenvalue weighted by Gasteiger charge is 2.28. The van der Waals surface area contributed by atoms with Crippen molar-refractivity contribution in [1.29, 1.82) is 0 Å². The first-order valence-electron chi connectivity index (χ1n) is 7.26. The molecule has 1 aromatic heterocycles. The van der Waals surface area contributed by atoms with Gasteiger partial charge in [-0.25, -0.2) is 18.4 Å². The average Bonchev–Trinajstić information content (AvgIpc) is 2.55. The summed E-state index contributed by atoms with van der Waals surface area (Å²) in [6.07, 6.45) is 1.53. The number of sulfonamides is 1. The van der Waals surface area contributed by atoms with E-state index in [1.54, 1.807) is 12.1 Å². The van der Waals surface area contributed by atoms with Gasteiger partial charge in [0, 0.05) is 43.0 Å². The lowest BCUT2D eigenvalue weighted by Gasteiger charge is -2.34.